The first kappa shape index (κ1) is 67.4. The van der Waals surface area contributed by atoms with Crippen LogP contribution >= 0.6 is 0 Å². The van der Waals surface area contributed by atoms with Gasteiger partial charge in [0.25, 0.3) is 0 Å². The molecule has 0 aromatic carbocycles. The van der Waals surface area contributed by atoms with Gasteiger partial charge in [0.2, 0.25) is 0 Å². The molecule has 6 heteroatoms. The summed E-state index contributed by atoms with van der Waals surface area (Å²) in [7, 11) is 0. The van der Waals surface area contributed by atoms with Gasteiger partial charge in [0.05, 0.1) is 0 Å². The van der Waals surface area contributed by atoms with E-state index in [0.717, 1.165) is 69.6 Å². The zero-order valence-electron chi connectivity index (χ0n) is 47.5. The van der Waals surface area contributed by atoms with Crippen LogP contribution in [0.3, 0.4) is 0 Å². The smallest absolute Gasteiger partial charge is 0.306 e. The van der Waals surface area contributed by atoms with Gasteiger partial charge in [-0.3, -0.25) is 14.4 Å². The van der Waals surface area contributed by atoms with Crippen LogP contribution in [0.1, 0.15) is 356 Å². The predicted octanol–water partition coefficient (Wildman–Crippen LogP) is 20.8. The average molecular weight is 976 g/mol. The summed E-state index contributed by atoms with van der Waals surface area (Å²) in [6.45, 7) is 11.4. The van der Waals surface area contributed by atoms with E-state index in [1.807, 2.05) is 0 Å². The number of unbranched alkanes of at least 4 members (excludes halogenated alkanes) is 40. The lowest BCUT2D eigenvalue weighted by Crippen LogP contribution is -2.30. The molecule has 0 rings (SSSR count). The zero-order chi connectivity index (χ0) is 50.4. The van der Waals surface area contributed by atoms with E-state index in [2.05, 4.69) is 34.6 Å². The van der Waals surface area contributed by atoms with Crippen LogP contribution in [0.25, 0.3) is 0 Å². The van der Waals surface area contributed by atoms with E-state index in [-0.39, 0.29) is 31.1 Å². The first-order valence-corrected chi connectivity index (χ1v) is 31.3. The zero-order valence-corrected chi connectivity index (χ0v) is 47.5. The van der Waals surface area contributed by atoms with Crippen LogP contribution in [-0.4, -0.2) is 37.2 Å². The Hall–Kier alpha value is -1.59. The van der Waals surface area contributed by atoms with Crippen LogP contribution in [0.5, 0.6) is 0 Å². The van der Waals surface area contributed by atoms with Crippen molar-refractivity contribution in [2.24, 2.45) is 11.8 Å². The molecule has 0 aliphatic rings. The standard InChI is InChI=1S/C63H122O6/c1-6-9-10-11-12-13-14-15-16-17-18-22-25-28-31-34-37-43-48-53-61(64)67-56-60(57-68-62(65)54-49-44-40-39-42-47-52-59(5)8-3)69-63(66)55-50-45-38-35-32-29-26-23-20-19-21-24-27-30-33-36-41-46-51-58(4)7-2/h58-60H,6-57H2,1-5H3/t58?,59?,60-/m0/s1. The van der Waals surface area contributed by atoms with Crippen molar-refractivity contribution < 1.29 is 28.6 Å². The maximum Gasteiger partial charge on any atom is 0.306 e. The second-order valence-electron chi connectivity index (χ2n) is 22.2. The Bertz CT molecular complexity index is 1060. The maximum atomic E-state index is 12.9. The Morgan fingerprint density at radius 1 is 0.290 bits per heavy atom. The van der Waals surface area contributed by atoms with E-state index < -0.39 is 6.10 Å². The van der Waals surface area contributed by atoms with Crippen molar-refractivity contribution in [2.45, 2.75) is 362 Å². The fourth-order valence-electron chi connectivity index (χ4n) is 9.69. The molecular formula is C63H122O6. The average Bonchev–Trinajstić information content (AvgIpc) is 3.35. The summed E-state index contributed by atoms with van der Waals surface area (Å²) < 4.78 is 16.9. The van der Waals surface area contributed by atoms with E-state index >= 15 is 0 Å². The number of rotatable bonds is 57. The number of carbonyl (C=O) groups is 3. The maximum absolute atomic E-state index is 12.9. The summed E-state index contributed by atoms with van der Waals surface area (Å²) in [5.41, 5.74) is 0. The van der Waals surface area contributed by atoms with Gasteiger partial charge in [-0.25, -0.2) is 0 Å². The van der Waals surface area contributed by atoms with Gasteiger partial charge < -0.3 is 14.2 Å². The number of esters is 3. The molecule has 0 aliphatic heterocycles. The minimum Gasteiger partial charge on any atom is -0.462 e. The Morgan fingerprint density at radius 2 is 0.507 bits per heavy atom. The molecule has 0 aromatic heterocycles. The van der Waals surface area contributed by atoms with Crippen molar-refractivity contribution >= 4 is 17.9 Å². The van der Waals surface area contributed by atoms with Gasteiger partial charge in [0.15, 0.2) is 6.10 Å². The van der Waals surface area contributed by atoms with Gasteiger partial charge in [0, 0.05) is 19.3 Å². The molecule has 0 bridgehead atoms. The van der Waals surface area contributed by atoms with Crippen molar-refractivity contribution in [1.82, 2.24) is 0 Å². The quantitative estimate of drug-likeness (QED) is 0.0343. The van der Waals surface area contributed by atoms with Gasteiger partial charge in [-0.2, -0.15) is 0 Å². The van der Waals surface area contributed by atoms with Gasteiger partial charge in [-0.15, -0.1) is 0 Å². The van der Waals surface area contributed by atoms with E-state index in [9.17, 15) is 14.4 Å². The number of hydrogen-bond acceptors (Lipinski definition) is 6. The highest BCUT2D eigenvalue weighted by atomic mass is 16.6. The topological polar surface area (TPSA) is 78.9 Å². The Balaban J connectivity index is 4.20. The van der Waals surface area contributed by atoms with E-state index in [1.165, 1.54) is 244 Å². The fraction of sp³-hybridized carbons (Fsp3) is 0.952. The van der Waals surface area contributed by atoms with Crippen LogP contribution in [0.2, 0.25) is 0 Å². The van der Waals surface area contributed by atoms with Crippen LogP contribution in [-0.2, 0) is 28.6 Å². The van der Waals surface area contributed by atoms with E-state index in [4.69, 9.17) is 14.2 Å². The Kier molecular flexibility index (Phi) is 54.4. The molecule has 0 spiro atoms. The van der Waals surface area contributed by atoms with Crippen LogP contribution in [0.4, 0.5) is 0 Å². The van der Waals surface area contributed by atoms with E-state index in [0.29, 0.717) is 19.3 Å². The molecular weight excluding hydrogens is 853 g/mol. The first-order chi connectivity index (χ1) is 33.8. The second-order valence-corrected chi connectivity index (χ2v) is 22.2. The fourth-order valence-corrected chi connectivity index (χ4v) is 9.69. The SMILES string of the molecule is CCCCCCCCCCCCCCCCCCCCCC(=O)OC[C@@H](COC(=O)CCCCCCCCC(C)CC)OC(=O)CCCCCCCCCCCCCCCCCCCCC(C)CC. The van der Waals surface area contributed by atoms with Crippen molar-refractivity contribution in [3.05, 3.63) is 0 Å². The monoisotopic (exact) mass is 975 g/mol. The lowest BCUT2D eigenvalue weighted by Gasteiger charge is -2.18. The first-order valence-electron chi connectivity index (χ1n) is 31.3. The van der Waals surface area contributed by atoms with Crippen molar-refractivity contribution in [3.63, 3.8) is 0 Å². The lowest BCUT2D eigenvalue weighted by molar-refractivity contribution is -0.167. The molecule has 0 radical (unpaired) electrons. The molecule has 0 saturated carbocycles. The summed E-state index contributed by atoms with van der Waals surface area (Å²) in [5.74, 6) is 0.884. The Labute approximate surface area is 431 Å². The molecule has 410 valence electrons. The van der Waals surface area contributed by atoms with Crippen molar-refractivity contribution in [2.75, 3.05) is 13.2 Å². The molecule has 0 fully saturated rings. The van der Waals surface area contributed by atoms with Crippen molar-refractivity contribution in [3.8, 4) is 0 Å². The van der Waals surface area contributed by atoms with Gasteiger partial charge >= 0.3 is 17.9 Å². The molecule has 0 N–H and O–H groups in total. The molecule has 2 unspecified atom stereocenters. The van der Waals surface area contributed by atoms with Crippen molar-refractivity contribution in [1.29, 1.82) is 0 Å². The Morgan fingerprint density at radius 3 is 0.754 bits per heavy atom. The molecule has 0 heterocycles. The summed E-state index contributed by atoms with van der Waals surface area (Å²) in [6.07, 6.45) is 61.1. The highest BCUT2D eigenvalue weighted by molar-refractivity contribution is 5.71. The molecule has 0 amide bonds. The summed E-state index contributed by atoms with van der Waals surface area (Å²) in [5, 5.41) is 0. The predicted molar refractivity (Wildman–Crippen MR) is 298 cm³/mol. The van der Waals surface area contributed by atoms with Crippen LogP contribution in [0, 0.1) is 11.8 Å². The second kappa shape index (κ2) is 55.7. The molecule has 0 aliphatic carbocycles. The van der Waals surface area contributed by atoms with Gasteiger partial charge in [0.1, 0.15) is 13.2 Å². The minimum atomic E-state index is -0.764. The third-order valence-electron chi connectivity index (χ3n) is 15.2. The minimum absolute atomic E-state index is 0.0630. The number of hydrogen-bond donors (Lipinski definition) is 0. The lowest BCUT2D eigenvalue weighted by atomic mass is 9.99. The molecule has 0 aromatic rings. The molecule has 69 heavy (non-hydrogen) atoms. The highest BCUT2D eigenvalue weighted by Gasteiger charge is 2.19. The third-order valence-corrected chi connectivity index (χ3v) is 15.2. The number of ether oxygens (including phenoxy) is 3. The van der Waals surface area contributed by atoms with Crippen LogP contribution < -0.4 is 0 Å². The summed E-state index contributed by atoms with van der Waals surface area (Å²) in [4.78, 5) is 38.2. The third kappa shape index (κ3) is 54.0. The molecule has 6 nitrogen and oxygen atoms in total. The highest BCUT2D eigenvalue weighted by Crippen LogP contribution is 2.19. The van der Waals surface area contributed by atoms with Gasteiger partial charge in [-0.1, -0.05) is 317 Å². The normalized spacial score (nSPS) is 12.8. The van der Waals surface area contributed by atoms with Gasteiger partial charge in [-0.05, 0) is 31.1 Å². The molecule has 0 saturated heterocycles. The summed E-state index contributed by atoms with van der Waals surface area (Å²) in [6, 6.07) is 0. The van der Waals surface area contributed by atoms with Crippen LogP contribution in [0.15, 0.2) is 0 Å². The number of carbonyl (C=O) groups excluding carboxylic acids is 3. The summed E-state index contributed by atoms with van der Waals surface area (Å²) >= 11 is 0. The molecule has 3 atom stereocenters. The van der Waals surface area contributed by atoms with E-state index in [1.54, 1.807) is 0 Å². The largest absolute Gasteiger partial charge is 0.462 e.